The van der Waals surface area contributed by atoms with E-state index < -0.39 is 11.9 Å². The summed E-state index contributed by atoms with van der Waals surface area (Å²) in [4.78, 5) is 23.1. The van der Waals surface area contributed by atoms with E-state index in [1.165, 1.54) is 0 Å². The zero-order chi connectivity index (χ0) is 16.1. The van der Waals surface area contributed by atoms with Gasteiger partial charge in [-0.15, -0.1) is 0 Å². The van der Waals surface area contributed by atoms with Crippen LogP contribution < -0.4 is 16.4 Å². The van der Waals surface area contributed by atoms with Gasteiger partial charge in [-0.3, -0.25) is 9.59 Å². The van der Waals surface area contributed by atoms with E-state index in [4.69, 9.17) is 5.73 Å². The second-order valence-corrected chi connectivity index (χ2v) is 5.72. The van der Waals surface area contributed by atoms with Gasteiger partial charge in [-0.25, -0.2) is 0 Å². The Morgan fingerprint density at radius 2 is 1.55 bits per heavy atom. The molecule has 0 bridgehead atoms. The Balaban J connectivity index is 1.95. The summed E-state index contributed by atoms with van der Waals surface area (Å²) in [5.41, 5.74) is 7.04. The molecule has 2 amide bonds. The highest BCUT2D eigenvalue weighted by molar-refractivity contribution is 9.10. The lowest BCUT2D eigenvalue weighted by molar-refractivity contribution is -0.116. The first-order chi connectivity index (χ1) is 10.5. The molecule has 0 radical (unpaired) electrons. The zero-order valence-corrected chi connectivity index (χ0v) is 13.6. The van der Waals surface area contributed by atoms with Crippen LogP contribution in [-0.4, -0.2) is 17.9 Å². The van der Waals surface area contributed by atoms with Crippen LogP contribution in [0.4, 0.5) is 11.4 Å². The van der Waals surface area contributed by atoms with Crippen molar-refractivity contribution in [1.82, 2.24) is 0 Å². The molecule has 0 saturated heterocycles. The van der Waals surface area contributed by atoms with Gasteiger partial charge in [0.15, 0.2) is 0 Å². The van der Waals surface area contributed by atoms with Crippen molar-refractivity contribution in [3.05, 3.63) is 58.6 Å². The fourth-order valence-corrected chi connectivity index (χ4v) is 2.09. The number of carbonyl (C=O) groups excluding carboxylic acids is 2. The molecular weight excluding hydrogens is 346 g/mol. The average Bonchev–Trinajstić information content (AvgIpc) is 2.50. The van der Waals surface area contributed by atoms with Crippen molar-refractivity contribution < 1.29 is 9.59 Å². The molecule has 22 heavy (non-hydrogen) atoms. The molecule has 2 aromatic rings. The van der Waals surface area contributed by atoms with Crippen molar-refractivity contribution >= 4 is 39.1 Å². The molecule has 6 heteroatoms. The molecule has 5 nitrogen and oxygen atoms in total. The van der Waals surface area contributed by atoms with E-state index >= 15 is 0 Å². The number of hydrogen-bond acceptors (Lipinski definition) is 3. The molecule has 2 aromatic carbocycles. The summed E-state index contributed by atoms with van der Waals surface area (Å²) in [6, 6.07) is 13.6. The predicted octanol–water partition coefficient (Wildman–Crippen LogP) is 2.99. The van der Waals surface area contributed by atoms with Gasteiger partial charge in [0.1, 0.15) is 6.04 Å². The van der Waals surface area contributed by atoms with E-state index in [9.17, 15) is 9.59 Å². The number of carbonyl (C=O) groups is 2. The summed E-state index contributed by atoms with van der Waals surface area (Å²) in [5, 5.41) is 5.89. The number of benzene rings is 2. The van der Waals surface area contributed by atoms with Gasteiger partial charge in [0.2, 0.25) is 11.8 Å². The minimum Gasteiger partial charge on any atom is -0.374 e. The number of hydrogen-bond donors (Lipinski definition) is 3. The summed E-state index contributed by atoms with van der Waals surface area (Å²) >= 11 is 3.36. The largest absolute Gasteiger partial charge is 0.374 e. The standard InChI is InChI=1S/C16H16BrN3O2/c1-10(19-13-8-4-12(17)5-9-13)16(22)20-14-6-2-11(3-7-14)15(18)21/h2-10,19H,1H3,(H2,18,21)(H,20,22)/t10-/m1/s1. The molecule has 0 heterocycles. The Kier molecular flexibility index (Phi) is 5.16. The van der Waals surface area contributed by atoms with Gasteiger partial charge in [0.05, 0.1) is 0 Å². The third-order valence-electron chi connectivity index (χ3n) is 3.06. The summed E-state index contributed by atoms with van der Waals surface area (Å²) in [6.45, 7) is 1.77. The van der Waals surface area contributed by atoms with Crippen LogP contribution >= 0.6 is 15.9 Å². The highest BCUT2D eigenvalue weighted by Crippen LogP contribution is 2.15. The van der Waals surface area contributed by atoms with Gasteiger partial charge >= 0.3 is 0 Å². The molecule has 0 aliphatic heterocycles. The molecule has 0 aliphatic rings. The highest BCUT2D eigenvalue weighted by Gasteiger charge is 2.13. The first kappa shape index (κ1) is 16.0. The van der Waals surface area contributed by atoms with E-state index in [1.807, 2.05) is 24.3 Å². The van der Waals surface area contributed by atoms with Gasteiger partial charge < -0.3 is 16.4 Å². The van der Waals surface area contributed by atoms with Crippen LogP contribution in [0, 0.1) is 0 Å². The Morgan fingerprint density at radius 1 is 1.00 bits per heavy atom. The molecule has 0 spiro atoms. The number of nitrogens with two attached hydrogens (primary N) is 1. The number of halogens is 1. The molecule has 0 fully saturated rings. The average molecular weight is 362 g/mol. The van der Waals surface area contributed by atoms with Crippen LogP contribution in [0.2, 0.25) is 0 Å². The Labute approximate surface area is 137 Å². The van der Waals surface area contributed by atoms with Crippen LogP contribution in [0.15, 0.2) is 53.0 Å². The first-order valence-electron chi connectivity index (χ1n) is 6.68. The van der Waals surface area contributed by atoms with Gasteiger partial charge in [-0.2, -0.15) is 0 Å². The molecule has 0 saturated carbocycles. The molecule has 2 rings (SSSR count). The van der Waals surface area contributed by atoms with Crippen LogP contribution in [0.1, 0.15) is 17.3 Å². The first-order valence-corrected chi connectivity index (χ1v) is 7.48. The summed E-state index contributed by atoms with van der Waals surface area (Å²) in [7, 11) is 0. The van der Waals surface area contributed by atoms with Gasteiger partial charge in [0.25, 0.3) is 0 Å². The summed E-state index contributed by atoms with van der Waals surface area (Å²) < 4.78 is 0.977. The highest BCUT2D eigenvalue weighted by atomic mass is 79.9. The number of rotatable bonds is 5. The Hall–Kier alpha value is -2.34. The second kappa shape index (κ2) is 7.09. The topological polar surface area (TPSA) is 84.2 Å². The van der Waals surface area contributed by atoms with Crippen LogP contribution in [0.3, 0.4) is 0 Å². The minimum absolute atomic E-state index is 0.172. The van der Waals surface area contributed by atoms with Crippen LogP contribution in [-0.2, 0) is 4.79 Å². The third kappa shape index (κ3) is 4.33. The Bertz CT molecular complexity index is 669. The van der Waals surface area contributed by atoms with Crippen molar-refractivity contribution in [2.45, 2.75) is 13.0 Å². The Morgan fingerprint density at radius 3 is 2.09 bits per heavy atom. The fraction of sp³-hybridized carbons (Fsp3) is 0.125. The number of primary amides is 1. The maximum absolute atomic E-state index is 12.1. The fourth-order valence-electron chi connectivity index (χ4n) is 1.83. The SMILES string of the molecule is C[C@@H](Nc1ccc(Br)cc1)C(=O)Nc1ccc(C(N)=O)cc1. The van der Waals surface area contributed by atoms with Crippen molar-refractivity contribution in [2.24, 2.45) is 5.73 Å². The van der Waals surface area contributed by atoms with Crippen molar-refractivity contribution in [3.63, 3.8) is 0 Å². The molecule has 1 atom stereocenters. The van der Waals surface area contributed by atoms with Crippen molar-refractivity contribution in [1.29, 1.82) is 0 Å². The molecule has 4 N–H and O–H groups in total. The molecule has 114 valence electrons. The van der Waals surface area contributed by atoms with Gasteiger partial charge in [-0.1, -0.05) is 15.9 Å². The lowest BCUT2D eigenvalue weighted by atomic mass is 10.2. The summed E-state index contributed by atoms with van der Waals surface area (Å²) in [5.74, 6) is -0.669. The lowest BCUT2D eigenvalue weighted by Gasteiger charge is -2.15. The number of nitrogens with one attached hydrogen (secondary N) is 2. The second-order valence-electron chi connectivity index (χ2n) is 4.80. The maximum atomic E-state index is 12.1. The monoisotopic (exact) mass is 361 g/mol. The molecule has 0 aliphatic carbocycles. The van der Waals surface area contributed by atoms with Crippen LogP contribution in [0.5, 0.6) is 0 Å². The lowest BCUT2D eigenvalue weighted by Crippen LogP contribution is -2.31. The van der Waals surface area contributed by atoms with E-state index in [-0.39, 0.29) is 5.91 Å². The van der Waals surface area contributed by atoms with Gasteiger partial charge in [-0.05, 0) is 55.5 Å². The smallest absolute Gasteiger partial charge is 0.248 e. The number of amides is 2. The number of anilines is 2. The summed E-state index contributed by atoms with van der Waals surface area (Å²) in [6.07, 6.45) is 0. The zero-order valence-electron chi connectivity index (χ0n) is 12.0. The van der Waals surface area contributed by atoms with Crippen molar-refractivity contribution in [3.8, 4) is 0 Å². The van der Waals surface area contributed by atoms with E-state index in [0.717, 1.165) is 10.2 Å². The van der Waals surface area contributed by atoms with E-state index in [0.29, 0.717) is 11.3 Å². The van der Waals surface area contributed by atoms with Crippen LogP contribution in [0.25, 0.3) is 0 Å². The maximum Gasteiger partial charge on any atom is 0.248 e. The minimum atomic E-state index is -0.497. The van der Waals surface area contributed by atoms with E-state index in [2.05, 4.69) is 26.6 Å². The quantitative estimate of drug-likeness (QED) is 0.765. The normalized spacial score (nSPS) is 11.5. The molecular formula is C16H16BrN3O2. The molecule has 0 aromatic heterocycles. The predicted molar refractivity (Wildman–Crippen MR) is 90.8 cm³/mol. The van der Waals surface area contributed by atoms with Crippen molar-refractivity contribution in [2.75, 3.05) is 10.6 Å². The molecule has 0 unspecified atom stereocenters. The van der Waals surface area contributed by atoms with Gasteiger partial charge in [0, 0.05) is 21.4 Å². The third-order valence-corrected chi connectivity index (χ3v) is 3.59. The van der Waals surface area contributed by atoms with E-state index in [1.54, 1.807) is 31.2 Å².